The van der Waals surface area contributed by atoms with Gasteiger partial charge in [-0.15, -0.1) is 0 Å². The number of nitrogen functional groups attached to an aromatic ring is 1. The minimum Gasteiger partial charge on any atom is -0.495 e. The van der Waals surface area contributed by atoms with Crippen molar-refractivity contribution in [1.29, 1.82) is 0 Å². The predicted octanol–water partition coefficient (Wildman–Crippen LogP) is 1.74. The highest BCUT2D eigenvalue weighted by Gasteiger charge is 2.21. The predicted molar refractivity (Wildman–Crippen MR) is 77.5 cm³/mol. The van der Waals surface area contributed by atoms with E-state index in [1.807, 2.05) is 20.8 Å². The maximum absolute atomic E-state index is 11.9. The number of methoxy groups -OCH3 is 1. The molecular formula is C13H22N2O3S. The molecule has 0 unspecified atom stereocenters. The third kappa shape index (κ3) is 5.48. The van der Waals surface area contributed by atoms with E-state index in [-0.39, 0.29) is 17.7 Å². The zero-order valence-corrected chi connectivity index (χ0v) is 12.7. The van der Waals surface area contributed by atoms with Crippen molar-refractivity contribution in [3.63, 3.8) is 0 Å². The van der Waals surface area contributed by atoms with Crippen LogP contribution in [0.15, 0.2) is 18.2 Å². The lowest BCUT2D eigenvalue weighted by molar-refractivity contribution is 0.417. The summed E-state index contributed by atoms with van der Waals surface area (Å²) in [7, 11) is -1.75. The Balaban J connectivity index is 2.69. The molecule has 0 aliphatic heterocycles. The van der Waals surface area contributed by atoms with E-state index in [0.717, 1.165) is 5.56 Å². The summed E-state index contributed by atoms with van der Waals surface area (Å²) in [5.74, 6) is 0.673. The first-order valence-electron chi connectivity index (χ1n) is 6.03. The molecule has 0 aromatic heterocycles. The molecule has 6 heteroatoms. The lowest BCUT2D eigenvalue weighted by Crippen LogP contribution is -2.32. The highest BCUT2D eigenvalue weighted by molar-refractivity contribution is 7.89. The first kappa shape index (κ1) is 15.8. The SMILES string of the molecule is COc1ccc(CNS(=O)(=O)CC(C)(C)C)cc1N. The monoisotopic (exact) mass is 286 g/mol. The van der Waals surface area contributed by atoms with Crippen molar-refractivity contribution < 1.29 is 13.2 Å². The largest absolute Gasteiger partial charge is 0.495 e. The number of hydrogen-bond donors (Lipinski definition) is 2. The van der Waals surface area contributed by atoms with Crippen LogP contribution < -0.4 is 15.2 Å². The fourth-order valence-corrected chi connectivity index (χ4v) is 3.34. The van der Waals surface area contributed by atoms with Crippen LogP contribution >= 0.6 is 0 Å². The Kier molecular flexibility index (Phi) is 4.81. The van der Waals surface area contributed by atoms with Gasteiger partial charge in [-0.2, -0.15) is 0 Å². The fourth-order valence-electron chi connectivity index (χ4n) is 1.71. The molecule has 1 aromatic carbocycles. The van der Waals surface area contributed by atoms with Crippen LogP contribution in [0.2, 0.25) is 0 Å². The molecule has 0 spiro atoms. The lowest BCUT2D eigenvalue weighted by atomic mass is 10.0. The van der Waals surface area contributed by atoms with Gasteiger partial charge in [0.25, 0.3) is 0 Å². The molecule has 1 aromatic rings. The van der Waals surface area contributed by atoms with Gasteiger partial charge in [0.05, 0.1) is 18.6 Å². The maximum atomic E-state index is 11.9. The number of nitrogens with two attached hydrogens (primary N) is 1. The molecule has 19 heavy (non-hydrogen) atoms. The van der Waals surface area contributed by atoms with Gasteiger partial charge >= 0.3 is 0 Å². The van der Waals surface area contributed by atoms with Crippen molar-refractivity contribution in [2.45, 2.75) is 27.3 Å². The quantitative estimate of drug-likeness (QED) is 0.808. The second-order valence-corrected chi connectivity index (χ2v) is 7.52. The standard InChI is InChI=1S/C13H22N2O3S/c1-13(2,3)9-19(16,17)15-8-10-5-6-12(18-4)11(14)7-10/h5-7,15H,8-9,14H2,1-4H3. The Hall–Kier alpha value is -1.27. The second kappa shape index (κ2) is 5.79. The summed E-state index contributed by atoms with van der Waals surface area (Å²) in [6.45, 7) is 5.89. The van der Waals surface area contributed by atoms with Crippen LogP contribution in [0.5, 0.6) is 5.75 Å². The molecule has 0 aliphatic rings. The van der Waals surface area contributed by atoms with E-state index < -0.39 is 10.0 Å². The molecule has 0 bridgehead atoms. The summed E-state index contributed by atoms with van der Waals surface area (Å²) in [5.41, 5.74) is 6.79. The molecule has 0 amide bonds. The number of ether oxygens (including phenoxy) is 1. The second-order valence-electron chi connectivity index (χ2n) is 5.72. The highest BCUT2D eigenvalue weighted by Crippen LogP contribution is 2.22. The molecule has 3 N–H and O–H groups in total. The van der Waals surface area contributed by atoms with Crippen molar-refractivity contribution in [3.05, 3.63) is 23.8 Å². The number of anilines is 1. The average molecular weight is 286 g/mol. The minimum atomic E-state index is -3.29. The molecule has 5 nitrogen and oxygen atoms in total. The van der Waals surface area contributed by atoms with Gasteiger partial charge in [-0.25, -0.2) is 13.1 Å². The molecule has 108 valence electrons. The maximum Gasteiger partial charge on any atom is 0.212 e. The summed E-state index contributed by atoms with van der Waals surface area (Å²) in [5, 5.41) is 0. The van der Waals surface area contributed by atoms with E-state index in [1.165, 1.54) is 7.11 Å². The van der Waals surface area contributed by atoms with Crippen LogP contribution in [0.4, 0.5) is 5.69 Å². The molecular weight excluding hydrogens is 264 g/mol. The van der Waals surface area contributed by atoms with Gasteiger partial charge in [-0.1, -0.05) is 26.8 Å². The first-order valence-corrected chi connectivity index (χ1v) is 7.68. The number of nitrogens with one attached hydrogen (secondary N) is 1. The van der Waals surface area contributed by atoms with Gasteiger partial charge in [0.1, 0.15) is 5.75 Å². The third-order valence-corrected chi connectivity index (χ3v) is 4.24. The smallest absolute Gasteiger partial charge is 0.212 e. The van der Waals surface area contributed by atoms with Crippen LogP contribution in [-0.4, -0.2) is 21.3 Å². The van der Waals surface area contributed by atoms with Gasteiger partial charge in [0.15, 0.2) is 0 Å². The Morgan fingerprint density at radius 2 is 1.95 bits per heavy atom. The Morgan fingerprint density at radius 1 is 1.32 bits per heavy atom. The molecule has 0 fully saturated rings. The molecule has 0 radical (unpaired) electrons. The normalized spacial score (nSPS) is 12.4. The average Bonchev–Trinajstić information content (AvgIpc) is 2.23. The molecule has 0 atom stereocenters. The number of sulfonamides is 1. The van der Waals surface area contributed by atoms with E-state index >= 15 is 0 Å². The van der Waals surface area contributed by atoms with Crippen molar-refractivity contribution in [2.75, 3.05) is 18.6 Å². The molecule has 0 heterocycles. The van der Waals surface area contributed by atoms with E-state index in [9.17, 15) is 8.42 Å². The van der Waals surface area contributed by atoms with E-state index in [4.69, 9.17) is 10.5 Å². The van der Waals surface area contributed by atoms with Gasteiger partial charge in [0, 0.05) is 6.54 Å². The summed E-state index contributed by atoms with van der Waals surface area (Å²) < 4.78 is 31.3. The van der Waals surface area contributed by atoms with Crippen LogP contribution in [0.1, 0.15) is 26.3 Å². The van der Waals surface area contributed by atoms with E-state index in [1.54, 1.807) is 18.2 Å². The zero-order chi connectivity index (χ0) is 14.7. The van der Waals surface area contributed by atoms with Crippen molar-refractivity contribution in [1.82, 2.24) is 4.72 Å². The van der Waals surface area contributed by atoms with E-state index in [0.29, 0.717) is 11.4 Å². The molecule has 0 saturated carbocycles. The number of benzene rings is 1. The summed E-state index contributed by atoms with van der Waals surface area (Å²) in [6, 6.07) is 5.22. The van der Waals surface area contributed by atoms with Crippen LogP contribution in [-0.2, 0) is 16.6 Å². The lowest BCUT2D eigenvalue weighted by Gasteiger charge is -2.18. The van der Waals surface area contributed by atoms with Crippen molar-refractivity contribution >= 4 is 15.7 Å². The van der Waals surface area contributed by atoms with Gasteiger partial charge in [-0.05, 0) is 23.1 Å². The number of hydrogen-bond acceptors (Lipinski definition) is 4. The zero-order valence-electron chi connectivity index (χ0n) is 11.9. The molecule has 0 saturated heterocycles. The number of rotatable bonds is 5. The summed E-state index contributed by atoms with van der Waals surface area (Å²) >= 11 is 0. The van der Waals surface area contributed by atoms with E-state index in [2.05, 4.69) is 4.72 Å². The van der Waals surface area contributed by atoms with Gasteiger partial charge < -0.3 is 10.5 Å². The Labute approximate surface area is 115 Å². The first-order chi connectivity index (χ1) is 8.63. The van der Waals surface area contributed by atoms with Crippen molar-refractivity contribution in [2.24, 2.45) is 5.41 Å². The Bertz CT molecular complexity index is 533. The van der Waals surface area contributed by atoms with Crippen molar-refractivity contribution in [3.8, 4) is 5.75 Å². The molecule has 1 rings (SSSR count). The molecule has 0 aliphatic carbocycles. The Morgan fingerprint density at radius 3 is 2.42 bits per heavy atom. The highest BCUT2D eigenvalue weighted by atomic mass is 32.2. The van der Waals surface area contributed by atoms with Gasteiger partial charge in [0.2, 0.25) is 10.0 Å². The fraction of sp³-hybridized carbons (Fsp3) is 0.538. The summed E-state index contributed by atoms with van der Waals surface area (Å²) in [4.78, 5) is 0. The third-order valence-electron chi connectivity index (χ3n) is 2.41. The topological polar surface area (TPSA) is 81.4 Å². The van der Waals surface area contributed by atoms with Crippen LogP contribution in [0.25, 0.3) is 0 Å². The van der Waals surface area contributed by atoms with Crippen LogP contribution in [0.3, 0.4) is 0 Å². The summed E-state index contributed by atoms with van der Waals surface area (Å²) in [6.07, 6.45) is 0. The van der Waals surface area contributed by atoms with Gasteiger partial charge in [-0.3, -0.25) is 0 Å². The van der Waals surface area contributed by atoms with Crippen LogP contribution in [0, 0.1) is 5.41 Å². The minimum absolute atomic E-state index is 0.0889.